The first-order chi connectivity index (χ1) is 10.2. The first kappa shape index (κ1) is 14.9. The van der Waals surface area contributed by atoms with E-state index in [1.54, 1.807) is 0 Å². The van der Waals surface area contributed by atoms with Crippen LogP contribution >= 0.6 is 0 Å². The van der Waals surface area contributed by atoms with Crippen LogP contribution in [0.25, 0.3) is 0 Å². The Labute approximate surface area is 127 Å². The summed E-state index contributed by atoms with van der Waals surface area (Å²) in [5.74, 6) is 0.602. The second-order valence-electron chi connectivity index (χ2n) is 6.46. The first-order valence-electron chi connectivity index (χ1n) is 8.03. The number of nitrogens with zero attached hydrogens (tertiary/aromatic N) is 1. The Morgan fingerprint density at radius 1 is 1.29 bits per heavy atom. The number of aryl methyl sites for hydroxylation is 1. The van der Waals surface area contributed by atoms with Gasteiger partial charge < -0.3 is 14.8 Å². The van der Waals surface area contributed by atoms with Crippen LogP contribution in [-0.2, 0) is 9.47 Å². The standard InChI is InChI=1S/C17H26N2O2/c1-13-9-15(12-19-11-13)16(18-2)14-3-6-21-17(10-14)4-7-20-8-5-17/h9,11-12,14,16,18H,3-8,10H2,1-2H3. The summed E-state index contributed by atoms with van der Waals surface area (Å²) in [6.07, 6.45) is 8.22. The molecule has 0 aliphatic carbocycles. The summed E-state index contributed by atoms with van der Waals surface area (Å²) >= 11 is 0. The Bertz CT molecular complexity index is 466. The molecular weight excluding hydrogens is 264 g/mol. The number of ether oxygens (including phenoxy) is 2. The van der Waals surface area contributed by atoms with Crippen LogP contribution in [0.4, 0.5) is 0 Å². The summed E-state index contributed by atoms with van der Waals surface area (Å²) in [4.78, 5) is 4.36. The second-order valence-corrected chi connectivity index (χ2v) is 6.46. The van der Waals surface area contributed by atoms with Crippen molar-refractivity contribution < 1.29 is 9.47 Å². The molecule has 0 saturated carbocycles. The van der Waals surface area contributed by atoms with Crippen molar-refractivity contribution in [3.63, 3.8) is 0 Å². The molecule has 1 N–H and O–H groups in total. The lowest BCUT2D eigenvalue weighted by Crippen LogP contribution is -2.46. The molecule has 3 heterocycles. The van der Waals surface area contributed by atoms with Gasteiger partial charge in [-0.15, -0.1) is 0 Å². The summed E-state index contributed by atoms with van der Waals surface area (Å²) in [6, 6.07) is 2.61. The van der Waals surface area contributed by atoms with Crippen LogP contribution in [0.5, 0.6) is 0 Å². The van der Waals surface area contributed by atoms with E-state index in [1.807, 2.05) is 12.4 Å². The Balaban J connectivity index is 1.77. The molecule has 3 rings (SSSR count). The third-order valence-electron chi connectivity index (χ3n) is 4.97. The molecular formula is C17H26N2O2. The summed E-state index contributed by atoms with van der Waals surface area (Å²) < 4.78 is 11.7. The van der Waals surface area contributed by atoms with E-state index >= 15 is 0 Å². The molecule has 2 aliphatic heterocycles. The van der Waals surface area contributed by atoms with Crippen molar-refractivity contribution in [1.29, 1.82) is 0 Å². The van der Waals surface area contributed by atoms with E-state index in [4.69, 9.17) is 9.47 Å². The third-order valence-corrected chi connectivity index (χ3v) is 4.97. The van der Waals surface area contributed by atoms with Crippen LogP contribution in [0.15, 0.2) is 18.5 Å². The maximum atomic E-state index is 6.17. The Hall–Kier alpha value is -0.970. The predicted molar refractivity (Wildman–Crippen MR) is 82.2 cm³/mol. The van der Waals surface area contributed by atoms with Crippen molar-refractivity contribution in [2.45, 2.75) is 44.2 Å². The topological polar surface area (TPSA) is 43.4 Å². The molecule has 0 radical (unpaired) electrons. The second kappa shape index (κ2) is 6.42. The lowest BCUT2D eigenvalue weighted by Gasteiger charge is -2.45. The smallest absolute Gasteiger partial charge is 0.0729 e. The van der Waals surface area contributed by atoms with E-state index in [0.717, 1.165) is 45.5 Å². The predicted octanol–water partition coefficient (Wildman–Crippen LogP) is 2.63. The Morgan fingerprint density at radius 3 is 2.81 bits per heavy atom. The SMILES string of the molecule is CNC(c1cncc(C)c1)C1CCOC2(CCOCC2)C1. The summed E-state index contributed by atoms with van der Waals surface area (Å²) in [6.45, 7) is 4.64. The van der Waals surface area contributed by atoms with Crippen molar-refractivity contribution >= 4 is 0 Å². The zero-order chi connectivity index (χ0) is 14.7. The van der Waals surface area contributed by atoms with Gasteiger partial charge >= 0.3 is 0 Å². The fraction of sp³-hybridized carbons (Fsp3) is 0.706. The number of pyridine rings is 1. The molecule has 4 nitrogen and oxygen atoms in total. The highest BCUT2D eigenvalue weighted by molar-refractivity contribution is 5.21. The summed E-state index contributed by atoms with van der Waals surface area (Å²) in [7, 11) is 2.05. The van der Waals surface area contributed by atoms with Crippen molar-refractivity contribution in [2.24, 2.45) is 5.92 Å². The molecule has 2 fully saturated rings. The summed E-state index contributed by atoms with van der Waals surface area (Å²) in [5.41, 5.74) is 2.57. The van der Waals surface area contributed by atoms with Gasteiger partial charge in [0.1, 0.15) is 0 Å². The lowest BCUT2D eigenvalue weighted by atomic mass is 9.76. The normalized spacial score (nSPS) is 26.7. The van der Waals surface area contributed by atoms with Gasteiger partial charge in [0.15, 0.2) is 0 Å². The van der Waals surface area contributed by atoms with Crippen molar-refractivity contribution in [2.75, 3.05) is 26.9 Å². The van der Waals surface area contributed by atoms with Crippen LogP contribution in [0.2, 0.25) is 0 Å². The van der Waals surface area contributed by atoms with Gasteiger partial charge in [0.2, 0.25) is 0 Å². The van der Waals surface area contributed by atoms with Gasteiger partial charge in [-0.05, 0) is 56.7 Å². The molecule has 1 spiro atoms. The molecule has 0 amide bonds. The van der Waals surface area contributed by atoms with Gasteiger partial charge in [-0.3, -0.25) is 4.98 Å². The molecule has 116 valence electrons. The van der Waals surface area contributed by atoms with Gasteiger partial charge in [-0.1, -0.05) is 6.07 Å². The Kier molecular flexibility index (Phi) is 4.57. The molecule has 21 heavy (non-hydrogen) atoms. The highest BCUT2D eigenvalue weighted by Crippen LogP contribution is 2.41. The van der Waals surface area contributed by atoms with E-state index in [-0.39, 0.29) is 5.60 Å². The monoisotopic (exact) mass is 290 g/mol. The van der Waals surface area contributed by atoms with E-state index < -0.39 is 0 Å². The quantitative estimate of drug-likeness (QED) is 0.929. The van der Waals surface area contributed by atoms with E-state index in [9.17, 15) is 0 Å². The molecule has 1 aromatic rings. The average Bonchev–Trinajstić information content (AvgIpc) is 2.49. The fourth-order valence-electron chi connectivity index (χ4n) is 3.86. The van der Waals surface area contributed by atoms with E-state index in [2.05, 4.69) is 30.3 Å². The molecule has 2 saturated heterocycles. The molecule has 1 aromatic heterocycles. The highest BCUT2D eigenvalue weighted by atomic mass is 16.5. The van der Waals surface area contributed by atoms with Crippen LogP contribution in [0.1, 0.15) is 42.9 Å². The molecule has 0 aromatic carbocycles. The van der Waals surface area contributed by atoms with Crippen LogP contribution in [0, 0.1) is 12.8 Å². The number of rotatable bonds is 3. The van der Waals surface area contributed by atoms with E-state index in [0.29, 0.717) is 12.0 Å². The van der Waals surface area contributed by atoms with Crippen LogP contribution in [-0.4, -0.2) is 37.5 Å². The van der Waals surface area contributed by atoms with Crippen molar-refractivity contribution in [1.82, 2.24) is 10.3 Å². The highest BCUT2D eigenvalue weighted by Gasteiger charge is 2.41. The minimum absolute atomic E-state index is 0.0491. The molecule has 4 heteroatoms. The van der Waals surface area contributed by atoms with Gasteiger partial charge in [0.05, 0.1) is 5.60 Å². The van der Waals surface area contributed by atoms with Gasteiger partial charge in [0, 0.05) is 38.3 Å². The molecule has 2 aliphatic rings. The number of hydrogen-bond acceptors (Lipinski definition) is 4. The first-order valence-corrected chi connectivity index (χ1v) is 8.03. The lowest BCUT2D eigenvalue weighted by molar-refractivity contribution is -0.150. The number of hydrogen-bond donors (Lipinski definition) is 1. The molecule has 0 bridgehead atoms. The minimum atomic E-state index is 0.0491. The zero-order valence-corrected chi connectivity index (χ0v) is 13.1. The number of aromatic nitrogens is 1. The number of nitrogens with one attached hydrogen (secondary N) is 1. The molecule has 2 unspecified atom stereocenters. The minimum Gasteiger partial charge on any atom is -0.381 e. The maximum Gasteiger partial charge on any atom is 0.0729 e. The van der Waals surface area contributed by atoms with Gasteiger partial charge in [0.25, 0.3) is 0 Å². The van der Waals surface area contributed by atoms with Crippen molar-refractivity contribution in [3.05, 3.63) is 29.6 Å². The zero-order valence-electron chi connectivity index (χ0n) is 13.1. The summed E-state index contributed by atoms with van der Waals surface area (Å²) in [5, 5.41) is 3.51. The fourth-order valence-corrected chi connectivity index (χ4v) is 3.86. The van der Waals surface area contributed by atoms with Crippen LogP contribution < -0.4 is 5.32 Å². The Morgan fingerprint density at radius 2 is 2.10 bits per heavy atom. The van der Waals surface area contributed by atoms with E-state index in [1.165, 1.54) is 11.1 Å². The van der Waals surface area contributed by atoms with Gasteiger partial charge in [-0.2, -0.15) is 0 Å². The average molecular weight is 290 g/mol. The van der Waals surface area contributed by atoms with Crippen LogP contribution in [0.3, 0.4) is 0 Å². The largest absolute Gasteiger partial charge is 0.381 e. The molecule has 2 atom stereocenters. The maximum absolute atomic E-state index is 6.17. The van der Waals surface area contributed by atoms with Crippen molar-refractivity contribution in [3.8, 4) is 0 Å². The third kappa shape index (κ3) is 3.28. The van der Waals surface area contributed by atoms with Gasteiger partial charge in [-0.25, -0.2) is 0 Å².